The van der Waals surface area contributed by atoms with Crippen molar-refractivity contribution in [1.29, 1.82) is 0 Å². The molecule has 3 rings (SSSR count). The van der Waals surface area contributed by atoms with E-state index in [2.05, 4.69) is 4.84 Å². The maximum atomic E-state index is 12.7. The fourth-order valence-corrected chi connectivity index (χ4v) is 3.39. The number of rotatable bonds is 8. The van der Waals surface area contributed by atoms with Gasteiger partial charge in [-0.25, -0.2) is 4.79 Å². The van der Waals surface area contributed by atoms with Crippen LogP contribution in [0, 0.1) is 0 Å². The third-order valence-corrected chi connectivity index (χ3v) is 4.61. The Morgan fingerprint density at radius 1 is 1.03 bits per heavy atom. The standard InChI is InChI=1S/C21H21N3O5/c1-2-14-19(20(26)21(22)27)18-15(24(14)11-13-7-4-3-5-8-13)9-6-10-16(18)28-12-17(25)29-23/h3-10H,2,11-12,23H2,1H3,(H2,22,27). The van der Waals surface area contributed by atoms with Gasteiger partial charge in [0.1, 0.15) is 5.75 Å². The fraction of sp³-hybridized carbons (Fsp3) is 0.190. The Bertz CT molecular complexity index is 1070. The molecule has 4 N–H and O–H groups in total. The lowest BCUT2D eigenvalue weighted by atomic mass is 10.0. The van der Waals surface area contributed by atoms with Crippen LogP contribution in [-0.4, -0.2) is 28.8 Å². The monoisotopic (exact) mass is 395 g/mol. The van der Waals surface area contributed by atoms with Crippen LogP contribution < -0.4 is 16.4 Å². The predicted octanol–water partition coefficient (Wildman–Crippen LogP) is 1.72. The van der Waals surface area contributed by atoms with Crippen LogP contribution in [0.5, 0.6) is 5.75 Å². The summed E-state index contributed by atoms with van der Waals surface area (Å²) in [5.74, 6) is 2.47. The molecule has 0 aliphatic carbocycles. The molecule has 8 nitrogen and oxygen atoms in total. The number of nitrogens with two attached hydrogens (primary N) is 2. The van der Waals surface area contributed by atoms with Gasteiger partial charge in [0.2, 0.25) is 0 Å². The van der Waals surface area contributed by atoms with Gasteiger partial charge in [-0.15, -0.1) is 0 Å². The smallest absolute Gasteiger partial charge is 0.362 e. The van der Waals surface area contributed by atoms with Crippen LogP contribution in [0.2, 0.25) is 0 Å². The van der Waals surface area contributed by atoms with Crippen molar-refractivity contribution in [3.63, 3.8) is 0 Å². The maximum Gasteiger partial charge on any atom is 0.362 e. The first-order chi connectivity index (χ1) is 14.0. The number of benzene rings is 2. The van der Waals surface area contributed by atoms with Gasteiger partial charge < -0.3 is 19.9 Å². The normalized spacial score (nSPS) is 10.7. The first kappa shape index (κ1) is 20.1. The Morgan fingerprint density at radius 3 is 2.38 bits per heavy atom. The summed E-state index contributed by atoms with van der Waals surface area (Å²) in [5.41, 5.74) is 7.86. The predicted molar refractivity (Wildman–Crippen MR) is 106 cm³/mol. The lowest BCUT2D eigenvalue weighted by Gasteiger charge is -2.11. The molecule has 2 aromatic carbocycles. The number of fused-ring (bicyclic) bond motifs is 1. The summed E-state index contributed by atoms with van der Waals surface area (Å²) >= 11 is 0. The van der Waals surface area contributed by atoms with E-state index in [4.69, 9.17) is 16.4 Å². The van der Waals surface area contributed by atoms with Crippen LogP contribution >= 0.6 is 0 Å². The third-order valence-electron chi connectivity index (χ3n) is 4.61. The first-order valence-corrected chi connectivity index (χ1v) is 9.02. The van der Waals surface area contributed by atoms with E-state index in [0.29, 0.717) is 29.6 Å². The van der Waals surface area contributed by atoms with Crippen molar-refractivity contribution in [1.82, 2.24) is 4.57 Å². The molecule has 8 heteroatoms. The second-order valence-electron chi connectivity index (χ2n) is 6.37. The van der Waals surface area contributed by atoms with Crippen molar-refractivity contribution in [3.05, 3.63) is 65.4 Å². The molecule has 0 radical (unpaired) electrons. The molecule has 0 saturated carbocycles. The van der Waals surface area contributed by atoms with Gasteiger partial charge in [-0.05, 0) is 24.1 Å². The van der Waals surface area contributed by atoms with Gasteiger partial charge in [0.05, 0.1) is 16.5 Å². The highest BCUT2D eigenvalue weighted by atomic mass is 16.7. The Hall–Kier alpha value is -3.65. The third kappa shape index (κ3) is 3.97. The molecule has 150 valence electrons. The first-order valence-electron chi connectivity index (χ1n) is 9.02. The van der Waals surface area contributed by atoms with E-state index in [0.717, 1.165) is 5.56 Å². The van der Waals surface area contributed by atoms with E-state index < -0.39 is 24.3 Å². The Labute approximate surface area is 166 Å². The average molecular weight is 395 g/mol. The summed E-state index contributed by atoms with van der Waals surface area (Å²) in [5, 5.41) is 0.425. The quantitative estimate of drug-likeness (QED) is 0.340. The number of ether oxygens (including phenoxy) is 1. The summed E-state index contributed by atoms with van der Waals surface area (Å²) in [6, 6.07) is 14.9. The molecular weight excluding hydrogens is 374 g/mol. The number of nitrogens with zero attached hydrogens (tertiary/aromatic N) is 1. The molecule has 0 spiro atoms. The van der Waals surface area contributed by atoms with Crippen LogP contribution in [0.1, 0.15) is 28.5 Å². The minimum absolute atomic E-state index is 0.183. The van der Waals surface area contributed by atoms with Crippen LogP contribution in [0.3, 0.4) is 0 Å². The molecule has 29 heavy (non-hydrogen) atoms. The second-order valence-corrected chi connectivity index (χ2v) is 6.37. The highest BCUT2D eigenvalue weighted by Gasteiger charge is 2.27. The van der Waals surface area contributed by atoms with E-state index in [1.165, 1.54) is 0 Å². The average Bonchev–Trinajstić information content (AvgIpc) is 3.05. The lowest BCUT2D eigenvalue weighted by molar-refractivity contribution is -0.146. The summed E-state index contributed by atoms with van der Waals surface area (Å²) < 4.78 is 7.49. The second kappa shape index (κ2) is 8.57. The zero-order valence-corrected chi connectivity index (χ0v) is 15.9. The van der Waals surface area contributed by atoms with Gasteiger partial charge >= 0.3 is 5.97 Å². The zero-order chi connectivity index (χ0) is 21.0. The molecular formula is C21H21N3O5. The number of carbonyl (C=O) groups is 3. The highest BCUT2D eigenvalue weighted by Crippen LogP contribution is 2.35. The summed E-state index contributed by atoms with van der Waals surface area (Å²) in [6.45, 7) is 1.94. The summed E-state index contributed by atoms with van der Waals surface area (Å²) in [7, 11) is 0. The topological polar surface area (TPSA) is 127 Å². The zero-order valence-electron chi connectivity index (χ0n) is 15.9. The van der Waals surface area contributed by atoms with Crippen molar-refractivity contribution in [2.24, 2.45) is 11.6 Å². The van der Waals surface area contributed by atoms with Gasteiger partial charge in [-0.1, -0.05) is 43.3 Å². The Kier molecular flexibility index (Phi) is 5.94. The number of aromatic nitrogens is 1. The van der Waals surface area contributed by atoms with E-state index >= 15 is 0 Å². The van der Waals surface area contributed by atoms with Crippen LogP contribution in [-0.2, 0) is 27.4 Å². The summed E-state index contributed by atoms with van der Waals surface area (Å²) in [6.07, 6.45) is 0.486. The minimum Gasteiger partial charge on any atom is -0.481 e. The van der Waals surface area contributed by atoms with Crippen molar-refractivity contribution in [2.75, 3.05) is 6.61 Å². The molecule has 0 unspecified atom stereocenters. The van der Waals surface area contributed by atoms with E-state index in [1.54, 1.807) is 12.1 Å². The van der Waals surface area contributed by atoms with Gasteiger partial charge in [0.25, 0.3) is 11.7 Å². The number of amides is 1. The number of hydrogen-bond acceptors (Lipinski definition) is 6. The molecule has 1 heterocycles. The van der Waals surface area contributed by atoms with Gasteiger partial charge in [0, 0.05) is 12.2 Å². The Balaban J connectivity index is 2.23. The SMILES string of the molecule is CCc1c(C(=O)C(N)=O)c2c(OCC(=O)ON)cccc2n1Cc1ccccc1. The molecule has 1 aromatic heterocycles. The molecule has 0 atom stereocenters. The van der Waals surface area contributed by atoms with Crippen molar-refractivity contribution in [3.8, 4) is 5.75 Å². The number of primary amides is 1. The van der Waals surface area contributed by atoms with Gasteiger partial charge in [-0.2, -0.15) is 5.90 Å². The molecule has 3 aromatic rings. The highest BCUT2D eigenvalue weighted by molar-refractivity contribution is 6.45. The largest absolute Gasteiger partial charge is 0.481 e. The van der Waals surface area contributed by atoms with E-state index in [-0.39, 0.29) is 11.3 Å². The molecule has 0 fully saturated rings. The summed E-state index contributed by atoms with van der Waals surface area (Å²) in [4.78, 5) is 39.9. The van der Waals surface area contributed by atoms with E-state index in [1.807, 2.05) is 47.9 Å². The lowest BCUT2D eigenvalue weighted by Crippen LogP contribution is -2.24. The number of Topliss-reactive ketones (excluding diaryl/α,β-unsaturated/α-hetero) is 1. The Morgan fingerprint density at radius 2 is 1.76 bits per heavy atom. The van der Waals surface area contributed by atoms with Crippen molar-refractivity contribution >= 4 is 28.6 Å². The maximum absolute atomic E-state index is 12.7. The molecule has 0 aliphatic heterocycles. The van der Waals surface area contributed by atoms with Crippen LogP contribution in [0.15, 0.2) is 48.5 Å². The van der Waals surface area contributed by atoms with Crippen molar-refractivity contribution in [2.45, 2.75) is 19.9 Å². The molecule has 0 saturated heterocycles. The number of hydrogen-bond donors (Lipinski definition) is 2. The molecule has 0 bridgehead atoms. The number of carbonyl (C=O) groups excluding carboxylic acids is 3. The fourth-order valence-electron chi connectivity index (χ4n) is 3.39. The molecule has 0 aliphatic rings. The number of ketones is 1. The van der Waals surface area contributed by atoms with Crippen LogP contribution in [0.4, 0.5) is 0 Å². The van der Waals surface area contributed by atoms with Gasteiger partial charge in [0.15, 0.2) is 6.61 Å². The minimum atomic E-state index is -1.06. The van der Waals surface area contributed by atoms with Crippen molar-refractivity contribution < 1.29 is 24.0 Å². The van der Waals surface area contributed by atoms with Crippen LogP contribution in [0.25, 0.3) is 10.9 Å². The van der Waals surface area contributed by atoms with E-state index in [9.17, 15) is 14.4 Å². The van der Waals surface area contributed by atoms with Gasteiger partial charge in [-0.3, -0.25) is 9.59 Å². The molecule has 1 amide bonds.